The Labute approximate surface area is 182 Å². The molecule has 3 rings (SSSR count). The average molecular weight is 442 g/mol. The van der Waals surface area contributed by atoms with Crippen molar-refractivity contribution >= 4 is 23.5 Å². The van der Waals surface area contributed by atoms with Gasteiger partial charge in [-0.15, -0.1) is 0 Å². The monoisotopic (exact) mass is 442 g/mol. The summed E-state index contributed by atoms with van der Waals surface area (Å²) < 4.78 is 40.1. The first-order valence-electron chi connectivity index (χ1n) is 9.80. The van der Waals surface area contributed by atoms with Crippen LogP contribution in [0.2, 0.25) is 0 Å². The molecule has 3 aromatic rings. The number of nitrogens with one attached hydrogen (secondary N) is 1. The van der Waals surface area contributed by atoms with Gasteiger partial charge in [-0.25, -0.2) is 4.98 Å². The fourth-order valence-corrected chi connectivity index (χ4v) is 2.80. The van der Waals surface area contributed by atoms with E-state index in [4.69, 9.17) is 0 Å². The van der Waals surface area contributed by atoms with Crippen LogP contribution < -0.4 is 5.32 Å². The van der Waals surface area contributed by atoms with Crippen molar-refractivity contribution in [2.24, 2.45) is 4.99 Å². The van der Waals surface area contributed by atoms with Crippen molar-refractivity contribution < 1.29 is 18.0 Å². The molecule has 0 radical (unpaired) electrons. The Bertz CT molecular complexity index is 1130. The lowest BCUT2D eigenvalue weighted by Gasteiger charge is -2.07. The van der Waals surface area contributed by atoms with E-state index in [-0.39, 0.29) is 18.0 Å². The van der Waals surface area contributed by atoms with Gasteiger partial charge in [-0.05, 0) is 37.6 Å². The number of nitrogens with zero attached hydrogens (tertiary/aromatic N) is 5. The van der Waals surface area contributed by atoms with Gasteiger partial charge < -0.3 is 9.88 Å². The molecular formula is C22H21F3N6O. The number of anilines is 1. The summed E-state index contributed by atoms with van der Waals surface area (Å²) in [5.41, 5.74) is 1.50. The molecule has 7 nitrogen and oxygen atoms in total. The van der Waals surface area contributed by atoms with E-state index in [9.17, 15) is 18.0 Å². The molecule has 10 heteroatoms. The molecule has 0 spiro atoms. The van der Waals surface area contributed by atoms with Gasteiger partial charge in [0.15, 0.2) is 0 Å². The van der Waals surface area contributed by atoms with Gasteiger partial charge in [0.25, 0.3) is 0 Å². The number of alkyl halides is 3. The van der Waals surface area contributed by atoms with Gasteiger partial charge in [0.05, 0.1) is 35.3 Å². The summed E-state index contributed by atoms with van der Waals surface area (Å²) in [6, 6.07) is 5.83. The molecule has 3 aromatic heterocycles. The van der Waals surface area contributed by atoms with E-state index in [1.807, 2.05) is 19.9 Å². The molecule has 0 aliphatic carbocycles. The fourth-order valence-electron chi connectivity index (χ4n) is 2.80. The van der Waals surface area contributed by atoms with E-state index in [1.54, 1.807) is 18.3 Å². The van der Waals surface area contributed by atoms with Crippen LogP contribution in [0.25, 0.3) is 17.0 Å². The maximum absolute atomic E-state index is 12.9. The van der Waals surface area contributed by atoms with Gasteiger partial charge >= 0.3 is 6.18 Å². The second kappa shape index (κ2) is 9.99. The summed E-state index contributed by atoms with van der Waals surface area (Å²) in [5.74, 6) is -0.329. The second-order valence-electron chi connectivity index (χ2n) is 6.73. The molecular weight excluding hydrogens is 421 g/mol. The quantitative estimate of drug-likeness (QED) is 0.531. The van der Waals surface area contributed by atoms with Crippen molar-refractivity contribution in [3.8, 4) is 11.3 Å². The Kier molecular flexibility index (Phi) is 7.14. The van der Waals surface area contributed by atoms with Gasteiger partial charge in [-0.2, -0.15) is 13.2 Å². The first-order valence-corrected chi connectivity index (χ1v) is 9.80. The molecule has 0 aromatic carbocycles. The van der Waals surface area contributed by atoms with E-state index >= 15 is 0 Å². The lowest BCUT2D eigenvalue weighted by molar-refractivity contribution is -0.141. The van der Waals surface area contributed by atoms with E-state index in [1.165, 1.54) is 29.4 Å². The molecule has 0 saturated heterocycles. The molecule has 0 aliphatic heterocycles. The summed E-state index contributed by atoms with van der Waals surface area (Å²) in [7, 11) is 0. The van der Waals surface area contributed by atoms with Gasteiger partial charge in [-0.1, -0.05) is 13.0 Å². The largest absolute Gasteiger partial charge is 0.433 e. The number of amides is 1. The predicted octanol–water partition coefficient (Wildman–Crippen LogP) is 4.84. The van der Waals surface area contributed by atoms with Crippen molar-refractivity contribution in [1.29, 1.82) is 0 Å². The Morgan fingerprint density at radius 2 is 2.03 bits per heavy atom. The van der Waals surface area contributed by atoms with Crippen LogP contribution in [0.3, 0.4) is 0 Å². The number of pyridine rings is 2. The van der Waals surface area contributed by atoms with Crippen LogP contribution >= 0.6 is 0 Å². The molecule has 32 heavy (non-hydrogen) atoms. The third-order valence-electron chi connectivity index (χ3n) is 4.30. The van der Waals surface area contributed by atoms with Crippen molar-refractivity contribution in [2.75, 3.05) is 5.32 Å². The zero-order valence-electron chi connectivity index (χ0n) is 17.5. The topological polar surface area (TPSA) is 85.1 Å². The lowest BCUT2D eigenvalue weighted by atomic mass is 10.2. The Morgan fingerprint density at radius 3 is 2.69 bits per heavy atom. The highest BCUT2D eigenvalue weighted by Gasteiger charge is 2.32. The first kappa shape index (κ1) is 22.9. The zero-order chi connectivity index (χ0) is 23.1. The summed E-state index contributed by atoms with van der Waals surface area (Å²) in [6.07, 6.45) is 5.41. The minimum atomic E-state index is -4.54. The van der Waals surface area contributed by atoms with Gasteiger partial charge in [0.1, 0.15) is 12.2 Å². The van der Waals surface area contributed by atoms with Gasteiger partial charge in [-0.3, -0.25) is 19.8 Å². The molecule has 0 atom stereocenters. The number of aromatic nitrogens is 4. The summed E-state index contributed by atoms with van der Waals surface area (Å²) in [4.78, 5) is 28.4. The normalized spacial score (nSPS) is 12.3. The van der Waals surface area contributed by atoms with E-state index in [2.05, 4.69) is 25.3 Å². The van der Waals surface area contributed by atoms with Crippen molar-refractivity contribution in [2.45, 2.75) is 33.0 Å². The third kappa shape index (κ3) is 5.87. The molecule has 166 valence electrons. The second-order valence-corrected chi connectivity index (χ2v) is 6.73. The number of allylic oxidation sites excluding steroid dienone is 1. The van der Waals surface area contributed by atoms with Gasteiger partial charge in [0, 0.05) is 24.2 Å². The SMILES string of the molecule is C/C=C(\N=C/CC)c1ccc(NC(=O)Cn2cnc(-c3ccnc(C(F)(F)F)c3)c2)cn1. The minimum Gasteiger partial charge on any atom is -0.327 e. The summed E-state index contributed by atoms with van der Waals surface area (Å²) in [6.45, 7) is 3.80. The average Bonchev–Trinajstić information content (AvgIpc) is 3.23. The highest BCUT2D eigenvalue weighted by atomic mass is 19.4. The smallest absolute Gasteiger partial charge is 0.327 e. The summed E-state index contributed by atoms with van der Waals surface area (Å²) in [5, 5.41) is 2.73. The van der Waals surface area contributed by atoms with E-state index in [0.29, 0.717) is 17.1 Å². The number of carbonyl (C=O) groups excluding carboxylic acids is 1. The van der Waals surface area contributed by atoms with E-state index < -0.39 is 11.9 Å². The molecule has 0 bridgehead atoms. The van der Waals surface area contributed by atoms with Crippen molar-refractivity contribution in [3.63, 3.8) is 0 Å². The summed E-state index contributed by atoms with van der Waals surface area (Å²) >= 11 is 0. The predicted molar refractivity (Wildman–Crippen MR) is 116 cm³/mol. The van der Waals surface area contributed by atoms with Crippen LogP contribution in [0.4, 0.5) is 18.9 Å². The van der Waals surface area contributed by atoms with Gasteiger partial charge in [0.2, 0.25) is 5.91 Å². The number of hydrogen-bond donors (Lipinski definition) is 1. The zero-order valence-corrected chi connectivity index (χ0v) is 17.5. The maximum atomic E-state index is 12.9. The number of imidazole rings is 1. The Morgan fingerprint density at radius 1 is 1.22 bits per heavy atom. The highest BCUT2D eigenvalue weighted by molar-refractivity contribution is 5.90. The van der Waals surface area contributed by atoms with Crippen LogP contribution in [0.15, 0.2) is 60.3 Å². The Hall–Kier alpha value is -3.82. The number of aliphatic imine (C=N–C) groups is 1. The number of rotatable bonds is 7. The minimum absolute atomic E-state index is 0.0626. The van der Waals surface area contributed by atoms with E-state index in [0.717, 1.165) is 24.4 Å². The molecule has 0 fully saturated rings. The standard InChI is InChI=1S/C22H21F3N6O/c1-3-8-26-17(4-2)18-6-5-16(11-28-18)30-21(32)13-31-12-19(29-14-31)15-7-9-27-20(10-15)22(23,24)25/h4-12,14H,3,13H2,1-2H3,(H,30,32)/b17-4-,26-8-. The highest BCUT2D eigenvalue weighted by Crippen LogP contribution is 2.30. The van der Waals surface area contributed by atoms with Crippen LogP contribution in [-0.4, -0.2) is 31.6 Å². The van der Waals surface area contributed by atoms with Crippen LogP contribution in [-0.2, 0) is 17.5 Å². The van der Waals surface area contributed by atoms with Crippen LogP contribution in [0, 0.1) is 0 Å². The number of carbonyl (C=O) groups is 1. The molecule has 1 amide bonds. The number of halogens is 3. The molecule has 0 saturated carbocycles. The molecule has 1 N–H and O–H groups in total. The number of hydrogen-bond acceptors (Lipinski definition) is 5. The van der Waals surface area contributed by atoms with Crippen molar-refractivity contribution in [1.82, 2.24) is 19.5 Å². The van der Waals surface area contributed by atoms with Crippen molar-refractivity contribution in [3.05, 3.63) is 66.6 Å². The molecule has 0 unspecified atom stereocenters. The molecule has 0 aliphatic rings. The van der Waals surface area contributed by atoms with Crippen LogP contribution in [0.1, 0.15) is 31.7 Å². The fraction of sp³-hybridized carbons (Fsp3) is 0.227. The Balaban J connectivity index is 1.64. The first-order chi connectivity index (χ1) is 15.3. The molecule has 3 heterocycles. The van der Waals surface area contributed by atoms with Crippen LogP contribution in [0.5, 0.6) is 0 Å². The lowest BCUT2D eigenvalue weighted by Crippen LogP contribution is -2.18. The third-order valence-corrected chi connectivity index (χ3v) is 4.30. The maximum Gasteiger partial charge on any atom is 0.433 e.